The van der Waals surface area contributed by atoms with E-state index in [1.54, 1.807) is 11.0 Å². The Bertz CT molecular complexity index is 763. The number of thiocarbonyl (C=S) groups is 1. The molecule has 1 aliphatic rings. The van der Waals surface area contributed by atoms with Crippen LogP contribution in [-0.2, 0) is 4.79 Å². The zero-order chi connectivity index (χ0) is 17.1. The van der Waals surface area contributed by atoms with E-state index in [1.807, 2.05) is 49.4 Å². The number of hydrogen-bond acceptors (Lipinski definition) is 2. The Morgan fingerprint density at radius 1 is 1.21 bits per heavy atom. The number of para-hydroxylation sites is 1. The summed E-state index contributed by atoms with van der Waals surface area (Å²) in [5.74, 6) is 0.0943. The molecule has 6 heteroatoms. The normalized spacial score (nSPS) is 17.0. The highest BCUT2D eigenvalue weighted by Crippen LogP contribution is 2.23. The fourth-order valence-electron chi connectivity index (χ4n) is 2.68. The highest BCUT2D eigenvalue weighted by Gasteiger charge is 2.30. The predicted octanol–water partition coefficient (Wildman–Crippen LogP) is 3.74. The first-order valence-electron chi connectivity index (χ1n) is 7.72. The minimum Gasteiger partial charge on any atom is -0.357 e. The van der Waals surface area contributed by atoms with E-state index >= 15 is 0 Å². The molecule has 1 atom stereocenters. The molecular formula is C18H18ClN3OS. The van der Waals surface area contributed by atoms with Crippen LogP contribution in [0.3, 0.4) is 0 Å². The predicted molar refractivity (Wildman–Crippen MR) is 103 cm³/mol. The number of benzene rings is 2. The van der Waals surface area contributed by atoms with Gasteiger partial charge in [-0.25, -0.2) is 0 Å². The molecule has 1 amide bonds. The van der Waals surface area contributed by atoms with E-state index in [2.05, 4.69) is 10.6 Å². The van der Waals surface area contributed by atoms with Crippen LogP contribution in [0.15, 0.2) is 48.5 Å². The van der Waals surface area contributed by atoms with E-state index in [1.165, 1.54) is 5.56 Å². The second kappa shape index (κ2) is 7.20. The van der Waals surface area contributed by atoms with Gasteiger partial charge in [0.1, 0.15) is 0 Å². The molecule has 1 fully saturated rings. The van der Waals surface area contributed by atoms with E-state index in [4.69, 9.17) is 23.8 Å². The summed E-state index contributed by atoms with van der Waals surface area (Å²) in [5, 5.41) is 7.33. The van der Waals surface area contributed by atoms with Gasteiger partial charge in [-0.05, 0) is 43.4 Å². The number of carbonyl (C=O) groups is 1. The van der Waals surface area contributed by atoms with Crippen molar-refractivity contribution in [2.75, 3.05) is 16.8 Å². The highest BCUT2D eigenvalue weighted by atomic mass is 35.5. The Hall–Kier alpha value is -2.11. The fraction of sp³-hybridized carbons (Fsp3) is 0.222. The maximum Gasteiger partial charge on any atom is 0.229 e. The van der Waals surface area contributed by atoms with Gasteiger partial charge >= 0.3 is 0 Å². The summed E-state index contributed by atoms with van der Waals surface area (Å²) >= 11 is 11.4. The maximum atomic E-state index is 12.3. The average molecular weight is 360 g/mol. The number of amides is 1. The zero-order valence-electron chi connectivity index (χ0n) is 13.3. The highest BCUT2D eigenvalue weighted by molar-refractivity contribution is 7.80. The first kappa shape index (κ1) is 16.7. The van der Waals surface area contributed by atoms with Gasteiger partial charge in [-0.1, -0.05) is 41.4 Å². The SMILES string of the molecule is Cc1ccc(N2CC(NC(=S)Nc3ccccc3Cl)CC2=O)cc1. The lowest BCUT2D eigenvalue weighted by Crippen LogP contribution is -2.39. The Balaban J connectivity index is 1.61. The molecule has 2 aromatic carbocycles. The summed E-state index contributed by atoms with van der Waals surface area (Å²) in [6, 6.07) is 15.3. The summed E-state index contributed by atoms with van der Waals surface area (Å²) in [4.78, 5) is 14.1. The Labute approximate surface area is 151 Å². The second-order valence-electron chi connectivity index (χ2n) is 5.82. The van der Waals surface area contributed by atoms with E-state index in [0.717, 1.165) is 11.4 Å². The fourth-order valence-corrected chi connectivity index (χ4v) is 3.14. The van der Waals surface area contributed by atoms with Gasteiger partial charge in [0.05, 0.1) is 16.8 Å². The number of nitrogens with zero attached hydrogens (tertiary/aromatic N) is 1. The van der Waals surface area contributed by atoms with E-state index < -0.39 is 0 Å². The molecule has 1 unspecified atom stereocenters. The third kappa shape index (κ3) is 3.86. The molecular weight excluding hydrogens is 342 g/mol. The van der Waals surface area contributed by atoms with Crippen molar-refractivity contribution in [2.24, 2.45) is 0 Å². The van der Waals surface area contributed by atoms with Gasteiger partial charge in [-0.15, -0.1) is 0 Å². The molecule has 4 nitrogen and oxygen atoms in total. The average Bonchev–Trinajstić information content (AvgIpc) is 2.90. The molecule has 3 rings (SSSR count). The van der Waals surface area contributed by atoms with Gasteiger partial charge < -0.3 is 15.5 Å². The van der Waals surface area contributed by atoms with Crippen molar-refractivity contribution in [2.45, 2.75) is 19.4 Å². The second-order valence-corrected chi connectivity index (χ2v) is 6.63. The van der Waals surface area contributed by atoms with Crippen LogP contribution in [0.4, 0.5) is 11.4 Å². The molecule has 2 N–H and O–H groups in total. The van der Waals surface area contributed by atoms with E-state index in [9.17, 15) is 4.79 Å². The van der Waals surface area contributed by atoms with Crippen molar-refractivity contribution in [1.82, 2.24) is 5.32 Å². The minimum atomic E-state index is -0.0266. The van der Waals surface area contributed by atoms with Crippen molar-refractivity contribution in [3.8, 4) is 0 Å². The molecule has 2 aromatic rings. The number of anilines is 2. The number of carbonyl (C=O) groups excluding carboxylic acids is 1. The van der Waals surface area contributed by atoms with Crippen LogP contribution in [0.1, 0.15) is 12.0 Å². The first-order chi connectivity index (χ1) is 11.5. The molecule has 0 aliphatic carbocycles. The molecule has 0 bridgehead atoms. The number of rotatable bonds is 3. The van der Waals surface area contributed by atoms with Gasteiger partial charge in [0, 0.05) is 18.7 Å². The van der Waals surface area contributed by atoms with Crippen molar-refractivity contribution in [1.29, 1.82) is 0 Å². The van der Waals surface area contributed by atoms with Crippen LogP contribution >= 0.6 is 23.8 Å². The van der Waals surface area contributed by atoms with Crippen molar-refractivity contribution in [3.05, 3.63) is 59.1 Å². The number of hydrogen-bond donors (Lipinski definition) is 2. The molecule has 0 spiro atoms. The third-order valence-electron chi connectivity index (χ3n) is 3.93. The topological polar surface area (TPSA) is 44.4 Å². The largest absolute Gasteiger partial charge is 0.357 e. The monoisotopic (exact) mass is 359 g/mol. The van der Waals surface area contributed by atoms with Crippen LogP contribution in [0.25, 0.3) is 0 Å². The van der Waals surface area contributed by atoms with Crippen molar-refractivity contribution in [3.63, 3.8) is 0 Å². The van der Waals surface area contributed by atoms with Crippen LogP contribution in [0.5, 0.6) is 0 Å². The lowest BCUT2D eigenvalue weighted by molar-refractivity contribution is -0.117. The van der Waals surface area contributed by atoms with Crippen LogP contribution in [0.2, 0.25) is 5.02 Å². The molecule has 24 heavy (non-hydrogen) atoms. The minimum absolute atomic E-state index is 0.0266. The first-order valence-corrected chi connectivity index (χ1v) is 8.50. The molecule has 0 radical (unpaired) electrons. The molecule has 1 heterocycles. The molecule has 1 aliphatic heterocycles. The Morgan fingerprint density at radius 3 is 2.62 bits per heavy atom. The smallest absolute Gasteiger partial charge is 0.229 e. The van der Waals surface area contributed by atoms with Gasteiger partial charge in [-0.2, -0.15) is 0 Å². The third-order valence-corrected chi connectivity index (χ3v) is 4.48. The Morgan fingerprint density at radius 2 is 1.92 bits per heavy atom. The van der Waals surface area contributed by atoms with Gasteiger partial charge in [0.2, 0.25) is 5.91 Å². The summed E-state index contributed by atoms with van der Waals surface area (Å²) in [7, 11) is 0. The van der Waals surface area contributed by atoms with Gasteiger partial charge in [0.25, 0.3) is 0 Å². The van der Waals surface area contributed by atoms with Crippen molar-refractivity contribution < 1.29 is 4.79 Å². The number of nitrogens with one attached hydrogen (secondary N) is 2. The van der Waals surface area contributed by atoms with Crippen LogP contribution in [0, 0.1) is 6.92 Å². The number of aryl methyl sites for hydroxylation is 1. The summed E-state index contributed by atoms with van der Waals surface area (Å²) in [5.41, 5.74) is 2.83. The lowest BCUT2D eigenvalue weighted by Gasteiger charge is -2.19. The van der Waals surface area contributed by atoms with Crippen molar-refractivity contribution >= 4 is 46.2 Å². The number of halogens is 1. The van der Waals surface area contributed by atoms with Gasteiger partial charge in [0.15, 0.2) is 5.11 Å². The zero-order valence-corrected chi connectivity index (χ0v) is 14.8. The Kier molecular flexibility index (Phi) is 5.02. The quantitative estimate of drug-likeness (QED) is 0.819. The molecule has 0 saturated carbocycles. The summed E-state index contributed by atoms with van der Waals surface area (Å²) in [6.07, 6.45) is 0.415. The molecule has 124 valence electrons. The van der Waals surface area contributed by atoms with E-state index in [-0.39, 0.29) is 11.9 Å². The standard InChI is InChI=1S/C18H18ClN3OS/c1-12-6-8-14(9-7-12)22-11-13(10-17(22)23)20-18(24)21-16-5-3-2-4-15(16)19/h2-9,13H,10-11H2,1H3,(H2,20,21,24). The van der Waals surface area contributed by atoms with Gasteiger partial charge in [-0.3, -0.25) is 4.79 Å². The lowest BCUT2D eigenvalue weighted by atomic mass is 10.2. The van der Waals surface area contributed by atoms with Crippen LogP contribution in [-0.4, -0.2) is 23.6 Å². The molecule has 0 aromatic heterocycles. The summed E-state index contributed by atoms with van der Waals surface area (Å²) < 4.78 is 0. The molecule has 1 saturated heterocycles. The maximum absolute atomic E-state index is 12.3. The summed E-state index contributed by atoms with van der Waals surface area (Å²) in [6.45, 7) is 2.62. The van der Waals surface area contributed by atoms with Crippen LogP contribution < -0.4 is 15.5 Å². The van der Waals surface area contributed by atoms with E-state index in [0.29, 0.717) is 23.1 Å².